The lowest BCUT2D eigenvalue weighted by atomic mass is 10.1. The Morgan fingerprint density at radius 2 is 1.73 bits per heavy atom. The summed E-state index contributed by atoms with van der Waals surface area (Å²) < 4.78 is 44.8. The second-order valence-corrected chi connectivity index (χ2v) is 9.46. The van der Waals surface area contributed by atoms with Crippen LogP contribution < -0.4 is 4.74 Å². The second-order valence-electron chi connectivity index (χ2n) is 7.88. The van der Waals surface area contributed by atoms with E-state index < -0.39 is 22.1 Å². The van der Waals surface area contributed by atoms with Gasteiger partial charge in [-0.25, -0.2) is 4.79 Å². The molecule has 0 amide bonds. The number of sulfonamides is 1. The highest BCUT2D eigenvalue weighted by Gasteiger charge is 2.33. The van der Waals surface area contributed by atoms with Crippen LogP contribution in [0.25, 0.3) is 0 Å². The van der Waals surface area contributed by atoms with E-state index in [1.165, 1.54) is 0 Å². The molecular weight excluding hydrogens is 446 g/mol. The van der Waals surface area contributed by atoms with E-state index in [0.717, 1.165) is 0 Å². The summed E-state index contributed by atoms with van der Waals surface area (Å²) in [5.41, 5.74) is 1.09. The van der Waals surface area contributed by atoms with Gasteiger partial charge in [-0.1, -0.05) is 12.1 Å². The fourth-order valence-electron chi connectivity index (χ4n) is 4.00. The van der Waals surface area contributed by atoms with E-state index >= 15 is 0 Å². The van der Waals surface area contributed by atoms with E-state index in [0.29, 0.717) is 55.4 Å². The van der Waals surface area contributed by atoms with Crippen LogP contribution in [-0.2, 0) is 19.5 Å². The third-order valence-electron chi connectivity index (χ3n) is 5.70. The summed E-state index contributed by atoms with van der Waals surface area (Å²) in [6.45, 7) is 3.40. The van der Waals surface area contributed by atoms with Crippen molar-refractivity contribution in [3.05, 3.63) is 59.7 Å². The molecule has 10 heteroatoms. The first-order valence-corrected chi connectivity index (χ1v) is 12.1. The number of amidine groups is 1. The van der Waals surface area contributed by atoms with Crippen LogP contribution >= 0.6 is 0 Å². The summed E-state index contributed by atoms with van der Waals surface area (Å²) in [5.74, 6) is 0.755. The zero-order valence-electron chi connectivity index (χ0n) is 18.6. The quantitative estimate of drug-likeness (QED) is 0.560. The van der Waals surface area contributed by atoms with Crippen LogP contribution in [0.3, 0.4) is 0 Å². The van der Waals surface area contributed by atoms with E-state index in [1.54, 1.807) is 56.7 Å². The molecule has 2 aromatic carbocycles. The number of ether oxygens (including phenoxy) is 3. The lowest BCUT2D eigenvalue weighted by Crippen LogP contribution is -2.51. The molecule has 0 aromatic heterocycles. The summed E-state index contributed by atoms with van der Waals surface area (Å²) in [4.78, 5) is 17.0. The molecule has 2 aromatic rings. The molecule has 33 heavy (non-hydrogen) atoms. The number of piperazine rings is 1. The molecule has 2 heterocycles. The monoisotopic (exact) mass is 473 g/mol. The van der Waals surface area contributed by atoms with Gasteiger partial charge in [0.05, 0.1) is 19.3 Å². The fraction of sp³-hybridized carbons (Fsp3) is 0.391. The van der Waals surface area contributed by atoms with Crippen LogP contribution in [0.1, 0.15) is 15.9 Å². The Balaban J connectivity index is 1.35. The third-order valence-corrected chi connectivity index (χ3v) is 7.02. The second kappa shape index (κ2) is 9.90. The summed E-state index contributed by atoms with van der Waals surface area (Å²) in [6, 6.07) is 13.7. The number of carbonyl (C=O) groups is 1. The lowest BCUT2D eigenvalue weighted by Gasteiger charge is -2.37. The Kier molecular flexibility index (Phi) is 6.96. The highest BCUT2D eigenvalue weighted by atomic mass is 32.2. The summed E-state index contributed by atoms with van der Waals surface area (Å²) in [5, 5.41) is 0. The van der Waals surface area contributed by atoms with Gasteiger partial charge in [-0.2, -0.15) is 8.42 Å². The van der Waals surface area contributed by atoms with Crippen molar-refractivity contribution >= 4 is 21.8 Å². The highest BCUT2D eigenvalue weighted by molar-refractivity contribution is 7.90. The standard InChI is InChI=1S/C23H27N3O6S/c1-30-16-19(32-23(27)17-7-9-18(31-2)10-8-17)15-25-11-13-26(14-12-25)22-20-5-3-4-6-21(20)33(28,29)24-22/h3-10,19H,11-16H2,1-2H3/t19-/m1/s1. The van der Waals surface area contributed by atoms with Crippen molar-refractivity contribution in [1.29, 1.82) is 0 Å². The van der Waals surface area contributed by atoms with Crippen molar-refractivity contribution in [3.8, 4) is 5.75 Å². The van der Waals surface area contributed by atoms with Crippen LogP contribution in [0.4, 0.5) is 0 Å². The predicted octanol–water partition coefficient (Wildman–Crippen LogP) is 1.63. The fourth-order valence-corrected chi connectivity index (χ4v) is 5.23. The lowest BCUT2D eigenvalue weighted by molar-refractivity contribution is -0.00972. The summed E-state index contributed by atoms with van der Waals surface area (Å²) >= 11 is 0. The molecule has 0 bridgehead atoms. The molecule has 9 nitrogen and oxygen atoms in total. The van der Waals surface area contributed by atoms with Crippen LogP contribution in [-0.4, -0.2) is 89.7 Å². The minimum absolute atomic E-state index is 0.257. The molecule has 1 fully saturated rings. The van der Waals surface area contributed by atoms with Crippen LogP contribution in [0.5, 0.6) is 5.75 Å². The zero-order chi connectivity index (χ0) is 23.4. The Hall–Kier alpha value is -2.95. The van der Waals surface area contributed by atoms with Gasteiger partial charge in [-0.3, -0.25) is 4.90 Å². The summed E-state index contributed by atoms with van der Waals surface area (Å²) in [7, 11) is -0.498. The summed E-state index contributed by atoms with van der Waals surface area (Å²) in [6.07, 6.45) is -0.430. The van der Waals surface area contributed by atoms with Crippen molar-refractivity contribution < 1.29 is 27.4 Å². The maximum atomic E-state index is 12.6. The normalized spacial score (nSPS) is 18.4. The molecule has 0 saturated carbocycles. The number of nitrogens with zero attached hydrogens (tertiary/aromatic N) is 3. The molecule has 0 N–H and O–H groups in total. The topological polar surface area (TPSA) is 97.7 Å². The van der Waals surface area contributed by atoms with E-state index in [4.69, 9.17) is 14.2 Å². The number of hydrogen-bond donors (Lipinski definition) is 0. The number of benzene rings is 2. The van der Waals surface area contributed by atoms with Crippen molar-refractivity contribution in [2.24, 2.45) is 4.40 Å². The smallest absolute Gasteiger partial charge is 0.338 e. The van der Waals surface area contributed by atoms with Gasteiger partial charge in [-0.05, 0) is 36.4 Å². The number of esters is 1. The largest absolute Gasteiger partial charge is 0.497 e. The van der Waals surface area contributed by atoms with Gasteiger partial charge in [0.15, 0.2) is 5.84 Å². The number of rotatable bonds is 7. The Morgan fingerprint density at radius 3 is 2.39 bits per heavy atom. The SMILES string of the molecule is COC[C@@H](CN1CCN(C2=NS(=O)(=O)c3ccccc32)CC1)OC(=O)c1ccc(OC)cc1. The van der Waals surface area contributed by atoms with Crippen molar-refractivity contribution in [1.82, 2.24) is 9.80 Å². The molecule has 1 atom stereocenters. The van der Waals surface area contributed by atoms with Gasteiger partial charge in [0.2, 0.25) is 0 Å². The molecule has 0 radical (unpaired) electrons. The van der Waals surface area contributed by atoms with Gasteiger partial charge >= 0.3 is 5.97 Å². The zero-order valence-corrected chi connectivity index (χ0v) is 19.5. The molecule has 4 rings (SSSR count). The van der Waals surface area contributed by atoms with Crippen LogP contribution in [0, 0.1) is 0 Å². The van der Waals surface area contributed by atoms with E-state index in [1.807, 2.05) is 11.0 Å². The number of hydrogen-bond acceptors (Lipinski definition) is 8. The maximum Gasteiger partial charge on any atom is 0.338 e. The van der Waals surface area contributed by atoms with Gasteiger partial charge in [0.25, 0.3) is 10.0 Å². The maximum absolute atomic E-state index is 12.6. The van der Waals surface area contributed by atoms with Crippen LogP contribution in [0.15, 0.2) is 57.8 Å². The molecule has 176 valence electrons. The number of carbonyl (C=O) groups excluding carboxylic acids is 1. The molecular formula is C23H27N3O6S. The average Bonchev–Trinajstić information content (AvgIpc) is 3.11. The first-order valence-electron chi connectivity index (χ1n) is 10.7. The van der Waals surface area contributed by atoms with Gasteiger partial charge < -0.3 is 19.1 Å². The van der Waals surface area contributed by atoms with E-state index in [2.05, 4.69) is 9.30 Å². The van der Waals surface area contributed by atoms with E-state index in [-0.39, 0.29) is 11.5 Å². The van der Waals surface area contributed by atoms with Gasteiger partial charge in [0.1, 0.15) is 16.7 Å². The van der Waals surface area contributed by atoms with E-state index in [9.17, 15) is 13.2 Å². The molecule has 0 aliphatic carbocycles. The molecule has 0 unspecified atom stereocenters. The highest BCUT2D eigenvalue weighted by Crippen LogP contribution is 2.28. The number of methoxy groups -OCH3 is 2. The Morgan fingerprint density at radius 1 is 1.03 bits per heavy atom. The van der Waals surface area contributed by atoms with Gasteiger partial charge in [-0.15, -0.1) is 4.40 Å². The molecule has 1 saturated heterocycles. The minimum Gasteiger partial charge on any atom is -0.497 e. The van der Waals surface area contributed by atoms with Crippen LogP contribution in [0.2, 0.25) is 0 Å². The predicted molar refractivity (Wildman–Crippen MR) is 122 cm³/mol. The first kappa shape index (κ1) is 23.2. The first-order chi connectivity index (χ1) is 15.9. The van der Waals surface area contributed by atoms with Gasteiger partial charge in [0, 0.05) is 45.4 Å². The molecule has 0 spiro atoms. The number of fused-ring (bicyclic) bond motifs is 1. The average molecular weight is 474 g/mol. The molecule has 2 aliphatic heterocycles. The third kappa shape index (κ3) is 5.18. The van der Waals surface area contributed by atoms with Crippen molar-refractivity contribution in [2.45, 2.75) is 11.0 Å². The minimum atomic E-state index is -3.64. The molecule has 2 aliphatic rings. The van der Waals surface area contributed by atoms with Crippen molar-refractivity contribution in [2.75, 3.05) is 53.6 Å². The Labute approximate surface area is 193 Å². The Bertz CT molecular complexity index is 1130. The van der Waals surface area contributed by atoms with Crippen molar-refractivity contribution in [3.63, 3.8) is 0 Å².